The van der Waals surface area contributed by atoms with Gasteiger partial charge in [-0.15, -0.1) is 0 Å². The Morgan fingerprint density at radius 2 is 2.19 bits per heavy atom. The topological polar surface area (TPSA) is 38.5 Å². The van der Waals surface area contributed by atoms with Gasteiger partial charge in [0.15, 0.2) is 0 Å². The van der Waals surface area contributed by atoms with Crippen molar-refractivity contribution in [1.29, 1.82) is 0 Å². The Morgan fingerprint density at radius 3 is 2.76 bits per heavy atom. The molecule has 4 heteroatoms. The van der Waals surface area contributed by atoms with Crippen molar-refractivity contribution in [2.24, 2.45) is 11.7 Å². The van der Waals surface area contributed by atoms with Crippen molar-refractivity contribution in [2.75, 3.05) is 20.7 Å². The maximum Gasteiger partial charge on any atom is 0.133 e. The number of benzene rings is 1. The van der Waals surface area contributed by atoms with Crippen molar-refractivity contribution in [3.05, 3.63) is 28.2 Å². The molecule has 1 aliphatic carbocycles. The molecule has 3 unspecified atom stereocenters. The van der Waals surface area contributed by atoms with Crippen molar-refractivity contribution >= 4 is 15.9 Å². The molecule has 1 aromatic rings. The molecule has 0 amide bonds. The van der Waals surface area contributed by atoms with E-state index < -0.39 is 0 Å². The van der Waals surface area contributed by atoms with E-state index >= 15 is 0 Å². The fourth-order valence-corrected chi connectivity index (χ4v) is 4.01. The third-order valence-corrected chi connectivity index (χ3v) is 5.38. The van der Waals surface area contributed by atoms with Crippen molar-refractivity contribution in [2.45, 2.75) is 44.7 Å². The lowest BCUT2D eigenvalue weighted by molar-refractivity contribution is 0.121. The second-order valence-corrected chi connectivity index (χ2v) is 7.09. The van der Waals surface area contributed by atoms with E-state index in [0.29, 0.717) is 12.6 Å². The first kappa shape index (κ1) is 16.8. The fraction of sp³-hybridized carbons (Fsp3) is 0.647. The molecule has 0 bridgehead atoms. The Bertz CT molecular complexity index is 466. The van der Waals surface area contributed by atoms with E-state index in [1.807, 2.05) is 6.07 Å². The molecule has 1 aliphatic rings. The number of likely N-dealkylation sites (N-methyl/N-ethyl adjacent to an activating group) is 1. The summed E-state index contributed by atoms with van der Waals surface area (Å²) in [5.41, 5.74) is 7.33. The zero-order valence-corrected chi connectivity index (χ0v) is 14.9. The molecule has 2 N–H and O–H groups in total. The van der Waals surface area contributed by atoms with E-state index in [0.717, 1.165) is 16.1 Å². The van der Waals surface area contributed by atoms with Crippen molar-refractivity contribution in [1.82, 2.24) is 4.90 Å². The van der Waals surface area contributed by atoms with Gasteiger partial charge in [-0.1, -0.05) is 25.8 Å². The van der Waals surface area contributed by atoms with Crippen LogP contribution in [0.4, 0.5) is 0 Å². The summed E-state index contributed by atoms with van der Waals surface area (Å²) in [5, 5.41) is 0. The summed E-state index contributed by atoms with van der Waals surface area (Å²) in [6.07, 6.45) is 5.27. The van der Waals surface area contributed by atoms with Crippen LogP contribution in [0.2, 0.25) is 0 Å². The van der Waals surface area contributed by atoms with Crippen LogP contribution < -0.4 is 10.5 Å². The number of ether oxygens (including phenoxy) is 1. The number of hydrogen-bond acceptors (Lipinski definition) is 3. The standard InChI is InChI=1S/C17H27BrN2O/c1-12-5-4-6-14(9-12)20(2)16(11-19)13-7-8-17(21-3)15(18)10-13/h7-8,10,12,14,16H,4-6,9,11,19H2,1-3H3. The Kier molecular flexibility index (Phi) is 6.08. The molecule has 3 nitrogen and oxygen atoms in total. The second-order valence-electron chi connectivity index (χ2n) is 6.24. The van der Waals surface area contributed by atoms with E-state index in [4.69, 9.17) is 10.5 Å². The van der Waals surface area contributed by atoms with Gasteiger partial charge in [0, 0.05) is 18.6 Å². The summed E-state index contributed by atoms with van der Waals surface area (Å²) in [7, 11) is 3.91. The molecular weight excluding hydrogens is 328 g/mol. The SMILES string of the molecule is COc1ccc(C(CN)N(C)C2CCCC(C)C2)cc1Br. The lowest BCUT2D eigenvalue weighted by Crippen LogP contribution is -2.41. The van der Waals surface area contributed by atoms with Crippen LogP contribution in [-0.4, -0.2) is 31.6 Å². The lowest BCUT2D eigenvalue weighted by Gasteiger charge is -2.39. The quantitative estimate of drug-likeness (QED) is 0.869. The number of hydrogen-bond donors (Lipinski definition) is 1. The number of methoxy groups -OCH3 is 1. The fourth-order valence-electron chi connectivity index (χ4n) is 3.45. The predicted octanol–water partition coefficient (Wildman–Crippen LogP) is 3.97. The molecule has 0 aliphatic heterocycles. The monoisotopic (exact) mass is 354 g/mol. The van der Waals surface area contributed by atoms with E-state index in [1.54, 1.807) is 7.11 Å². The van der Waals surface area contributed by atoms with Crippen LogP contribution in [0, 0.1) is 5.92 Å². The summed E-state index contributed by atoms with van der Waals surface area (Å²) in [4.78, 5) is 2.48. The molecule has 1 aromatic carbocycles. The Hall–Kier alpha value is -0.580. The van der Waals surface area contributed by atoms with Crippen LogP contribution in [0.5, 0.6) is 5.75 Å². The van der Waals surface area contributed by atoms with Gasteiger partial charge < -0.3 is 10.5 Å². The van der Waals surface area contributed by atoms with Gasteiger partial charge in [-0.2, -0.15) is 0 Å². The van der Waals surface area contributed by atoms with Crippen molar-refractivity contribution < 1.29 is 4.74 Å². The molecule has 0 saturated heterocycles. The molecule has 1 saturated carbocycles. The number of nitrogens with two attached hydrogens (primary N) is 1. The van der Waals surface area contributed by atoms with Gasteiger partial charge in [0.2, 0.25) is 0 Å². The summed E-state index contributed by atoms with van der Waals surface area (Å²) in [5.74, 6) is 1.69. The van der Waals surface area contributed by atoms with Crippen molar-refractivity contribution in [3.63, 3.8) is 0 Å². The van der Waals surface area contributed by atoms with Gasteiger partial charge in [0.25, 0.3) is 0 Å². The largest absolute Gasteiger partial charge is 0.496 e. The lowest BCUT2D eigenvalue weighted by atomic mass is 9.85. The molecule has 21 heavy (non-hydrogen) atoms. The first-order chi connectivity index (χ1) is 10.1. The maximum absolute atomic E-state index is 6.08. The average Bonchev–Trinajstić information content (AvgIpc) is 2.48. The summed E-state index contributed by atoms with van der Waals surface area (Å²) in [6.45, 7) is 3.00. The van der Waals surface area contributed by atoms with Crippen LogP contribution in [0.1, 0.15) is 44.2 Å². The number of halogens is 1. The van der Waals surface area contributed by atoms with Crippen LogP contribution >= 0.6 is 15.9 Å². The minimum atomic E-state index is 0.266. The molecule has 2 rings (SSSR count). The van der Waals surface area contributed by atoms with E-state index in [9.17, 15) is 0 Å². The average molecular weight is 355 g/mol. The van der Waals surface area contributed by atoms with Crippen LogP contribution in [0.25, 0.3) is 0 Å². The van der Waals surface area contributed by atoms with Crippen LogP contribution in [0.3, 0.4) is 0 Å². The minimum Gasteiger partial charge on any atom is -0.496 e. The number of rotatable bonds is 5. The maximum atomic E-state index is 6.08. The van der Waals surface area contributed by atoms with Gasteiger partial charge in [-0.05, 0) is 59.4 Å². The smallest absolute Gasteiger partial charge is 0.133 e. The molecule has 3 atom stereocenters. The highest BCUT2D eigenvalue weighted by atomic mass is 79.9. The third kappa shape index (κ3) is 3.99. The molecule has 0 spiro atoms. The molecular formula is C17H27BrN2O. The Morgan fingerprint density at radius 1 is 1.43 bits per heavy atom. The summed E-state index contributed by atoms with van der Waals surface area (Å²) < 4.78 is 6.30. The van der Waals surface area contributed by atoms with Gasteiger partial charge in [0.1, 0.15) is 5.75 Å². The highest BCUT2D eigenvalue weighted by molar-refractivity contribution is 9.10. The van der Waals surface area contributed by atoms with Gasteiger partial charge in [0.05, 0.1) is 11.6 Å². The Balaban J connectivity index is 2.16. The summed E-state index contributed by atoms with van der Waals surface area (Å²) >= 11 is 3.58. The molecule has 118 valence electrons. The Labute approximate surface area is 137 Å². The number of nitrogens with zero attached hydrogens (tertiary/aromatic N) is 1. The van der Waals surface area contributed by atoms with Gasteiger partial charge >= 0.3 is 0 Å². The van der Waals surface area contributed by atoms with Crippen molar-refractivity contribution in [3.8, 4) is 5.75 Å². The molecule has 0 aromatic heterocycles. The molecule has 0 heterocycles. The third-order valence-electron chi connectivity index (χ3n) is 4.76. The molecule has 1 fully saturated rings. The first-order valence-corrected chi connectivity index (χ1v) is 8.61. The summed E-state index contributed by atoms with van der Waals surface area (Å²) in [6, 6.07) is 7.19. The minimum absolute atomic E-state index is 0.266. The molecule has 0 radical (unpaired) electrons. The second kappa shape index (κ2) is 7.61. The first-order valence-electron chi connectivity index (χ1n) is 7.82. The van der Waals surface area contributed by atoms with E-state index in [-0.39, 0.29) is 6.04 Å². The highest BCUT2D eigenvalue weighted by Gasteiger charge is 2.27. The predicted molar refractivity (Wildman–Crippen MR) is 91.7 cm³/mol. The zero-order chi connectivity index (χ0) is 15.4. The van der Waals surface area contributed by atoms with Crippen LogP contribution in [0.15, 0.2) is 22.7 Å². The van der Waals surface area contributed by atoms with E-state index in [2.05, 4.69) is 46.9 Å². The van der Waals surface area contributed by atoms with Gasteiger partial charge in [-0.25, -0.2) is 0 Å². The highest BCUT2D eigenvalue weighted by Crippen LogP contribution is 2.34. The zero-order valence-electron chi connectivity index (χ0n) is 13.3. The van der Waals surface area contributed by atoms with Gasteiger partial charge in [-0.3, -0.25) is 4.90 Å². The van der Waals surface area contributed by atoms with Crippen LogP contribution in [-0.2, 0) is 0 Å². The van der Waals surface area contributed by atoms with E-state index in [1.165, 1.54) is 31.2 Å². The normalized spacial score (nSPS) is 24.1.